The van der Waals surface area contributed by atoms with Crippen molar-refractivity contribution < 1.29 is 9.00 Å². The zero-order chi connectivity index (χ0) is 10.6. The normalized spacial score (nSPS) is 13.6. The first-order valence-electron chi connectivity index (χ1n) is 4.45. The van der Waals surface area contributed by atoms with Gasteiger partial charge in [-0.15, -0.1) is 0 Å². The number of aldehydes is 1. The second-order valence-electron chi connectivity index (χ2n) is 3.91. The predicted octanol–water partition coefficient (Wildman–Crippen LogP) is 2.02. The number of rotatable bonds is 4. The molecule has 0 amide bonds. The van der Waals surface area contributed by atoms with Crippen LogP contribution in [0.3, 0.4) is 0 Å². The standard InChI is InChI=1S/C11H14O2S/c1-11(2,8-12)9-14(13)10-6-4-3-5-7-10/h3-8H,9H2,1-2H3/t14-/m0/s1. The SMILES string of the molecule is CC(C)(C=O)C[S@](=O)c1ccccc1. The fourth-order valence-electron chi connectivity index (χ4n) is 1.03. The molecule has 0 unspecified atom stereocenters. The third kappa shape index (κ3) is 3.07. The summed E-state index contributed by atoms with van der Waals surface area (Å²) in [5, 5.41) is 0. The molecule has 1 aromatic carbocycles. The highest BCUT2D eigenvalue weighted by atomic mass is 32.2. The van der Waals surface area contributed by atoms with Crippen LogP contribution in [0.2, 0.25) is 0 Å². The van der Waals surface area contributed by atoms with Gasteiger partial charge in [0.15, 0.2) is 0 Å². The fourth-order valence-corrected chi connectivity index (χ4v) is 2.40. The van der Waals surface area contributed by atoms with Crippen LogP contribution in [0.15, 0.2) is 35.2 Å². The lowest BCUT2D eigenvalue weighted by molar-refractivity contribution is -0.113. The van der Waals surface area contributed by atoms with Crippen LogP contribution in [-0.2, 0) is 15.6 Å². The Kier molecular flexibility index (Phi) is 3.58. The molecule has 0 spiro atoms. The van der Waals surface area contributed by atoms with Crippen LogP contribution in [0.5, 0.6) is 0 Å². The second-order valence-corrected chi connectivity index (χ2v) is 5.36. The van der Waals surface area contributed by atoms with Gasteiger partial charge < -0.3 is 4.79 Å². The van der Waals surface area contributed by atoms with E-state index in [1.807, 2.05) is 30.3 Å². The minimum atomic E-state index is -1.08. The molecule has 0 aliphatic rings. The highest BCUT2D eigenvalue weighted by molar-refractivity contribution is 7.85. The Labute approximate surface area is 86.8 Å². The fraction of sp³-hybridized carbons (Fsp3) is 0.364. The molecule has 1 rings (SSSR count). The molecule has 1 atom stereocenters. The summed E-state index contributed by atoms with van der Waals surface area (Å²) >= 11 is 0. The molecule has 0 saturated heterocycles. The van der Waals surface area contributed by atoms with Crippen molar-refractivity contribution in [1.29, 1.82) is 0 Å². The molecule has 2 nitrogen and oxygen atoms in total. The quantitative estimate of drug-likeness (QED) is 0.712. The topological polar surface area (TPSA) is 34.1 Å². The molecule has 1 aromatic rings. The molecule has 14 heavy (non-hydrogen) atoms. The van der Waals surface area contributed by atoms with Gasteiger partial charge in [-0.05, 0) is 12.1 Å². The van der Waals surface area contributed by atoms with Crippen molar-refractivity contribution in [2.24, 2.45) is 5.41 Å². The molecule has 76 valence electrons. The van der Waals surface area contributed by atoms with E-state index in [4.69, 9.17) is 0 Å². The first kappa shape index (κ1) is 11.1. The van der Waals surface area contributed by atoms with E-state index >= 15 is 0 Å². The molecule has 0 aliphatic heterocycles. The molecule has 0 aliphatic carbocycles. The Hall–Kier alpha value is -0.960. The van der Waals surface area contributed by atoms with Crippen LogP contribution in [0.1, 0.15) is 13.8 Å². The summed E-state index contributed by atoms with van der Waals surface area (Å²) in [5.74, 6) is 0.376. The Morgan fingerprint density at radius 3 is 2.36 bits per heavy atom. The molecule has 0 N–H and O–H groups in total. The third-order valence-corrected chi connectivity index (χ3v) is 3.63. The lowest BCUT2D eigenvalue weighted by Crippen LogP contribution is -2.21. The van der Waals surface area contributed by atoms with Crippen molar-refractivity contribution in [2.45, 2.75) is 18.7 Å². The van der Waals surface area contributed by atoms with Crippen molar-refractivity contribution >= 4 is 17.1 Å². The third-order valence-electron chi connectivity index (χ3n) is 1.83. The molecule has 0 heterocycles. The lowest BCUT2D eigenvalue weighted by atomic mass is 10.00. The van der Waals surface area contributed by atoms with Gasteiger partial charge in [0.1, 0.15) is 6.29 Å². The second kappa shape index (κ2) is 4.51. The maximum absolute atomic E-state index is 11.8. The van der Waals surface area contributed by atoms with Crippen LogP contribution in [0.25, 0.3) is 0 Å². The average molecular weight is 210 g/mol. The summed E-state index contributed by atoms with van der Waals surface area (Å²) in [6.07, 6.45) is 0.855. The van der Waals surface area contributed by atoms with Gasteiger partial charge in [0, 0.05) is 16.1 Å². The van der Waals surface area contributed by atoms with Gasteiger partial charge in [-0.1, -0.05) is 32.0 Å². The van der Waals surface area contributed by atoms with Crippen molar-refractivity contribution in [2.75, 3.05) is 5.75 Å². The highest BCUT2D eigenvalue weighted by Gasteiger charge is 2.20. The summed E-state index contributed by atoms with van der Waals surface area (Å²) < 4.78 is 11.8. The van der Waals surface area contributed by atoms with E-state index < -0.39 is 16.2 Å². The van der Waals surface area contributed by atoms with Crippen molar-refractivity contribution in [3.63, 3.8) is 0 Å². The van der Waals surface area contributed by atoms with Crippen LogP contribution < -0.4 is 0 Å². The maximum Gasteiger partial charge on any atom is 0.126 e. The predicted molar refractivity (Wildman–Crippen MR) is 57.6 cm³/mol. The minimum absolute atomic E-state index is 0.376. The number of carbonyl (C=O) groups is 1. The van der Waals surface area contributed by atoms with Crippen LogP contribution >= 0.6 is 0 Å². The molecule has 3 heteroatoms. The molecular formula is C11H14O2S. The van der Waals surface area contributed by atoms with E-state index in [9.17, 15) is 9.00 Å². The van der Waals surface area contributed by atoms with Crippen molar-refractivity contribution in [3.8, 4) is 0 Å². The van der Waals surface area contributed by atoms with Crippen molar-refractivity contribution in [1.82, 2.24) is 0 Å². The molecule has 0 radical (unpaired) electrons. The van der Waals surface area contributed by atoms with Gasteiger partial charge in [0.2, 0.25) is 0 Å². The van der Waals surface area contributed by atoms with Gasteiger partial charge >= 0.3 is 0 Å². The first-order valence-corrected chi connectivity index (χ1v) is 5.77. The maximum atomic E-state index is 11.8. The van der Waals surface area contributed by atoms with E-state index in [2.05, 4.69) is 0 Å². The van der Waals surface area contributed by atoms with Gasteiger partial charge in [0.05, 0.1) is 10.8 Å². The number of hydrogen-bond donors (Lipinski definition) is 0. The largest absolute Gasteiger partial charge is 0.303 e. The molecule has 0 fully saturated rings. The first-order chi connectivity index (χ1) is 6.55. The number of carbonyl (C=O) groups excluding carboxylic acids is 1. The van der Waals surface area contributed by atoms with Crippen LogP contribution in [0.4, 0.5) is 0 Å². The molecule has 0 saturated carbocycles. The monoisotopic (exact) mass is 210 g/mol. The zero-order valence-corrected chi connectivity index (χ0v) is 9.21. The zero-order valence-electron chi connectivity index (χ0n) is 8.40. The number of hydrogen-bond acceptors (Lipinski definition) is 2. The van der Waals surface area contributed by atoms with Gasteiger partial charge in [-0.3, -0.25) is 4.21 Å². The summed E-state index contributed by atoms with van der Waals surface area (Å²) in [7, 11) is -1.08. The Bertz CT molecular complexity index is 330. The summed E-state index contributed by atoms with van der Waals surface area (Å²) in [4.78, 5) is 11.4. The molecule has 0 aromatic heterocycles. The Morgan fingerprint density at radius 2 is 1.86 bits per heavy atom. The van der Waals surface area contributed by atoms with Gasteiger partial charge in [-0.25, -0.2) is 0 Å². The van der Waals surface area contributed by atoms with E-state index in [0.717, 1.165) is 11.2 Å². The van der Waals surface area contributed by atoms with E-state index in [-0.39, 0.29) is 0 Å². The van der Waals surface area contributed by atoms with E-state index in [1.54, 1.807) is 13.8 Å². The van der Waals surface area contributed by atoms with Gasteiger partial charge in [0.25, 0.3) is 0 Å². The summed E-state index contributed by atoms with van der Waals surface area (Å²) in [6, 6.07) is 9.21. The molecular weight excluding hydrogens is 196 g/mol. The number of benzene rings is 1. The minimum Gasteiger partial charge on any atom is -0.303 e. The van der Waals surface area contributed by atoms with Crippen molar-refractivity contribution in [3.05, 3.63) is 30.3 Å². The smallest absolute Gasteiger partial charge is 0.126 e. The van der Waals surface area contributed by atoms with Crippen LogP contribution in [-0.4, -0.2) is 16.2 Å². The van der Waals surface area contributed by atoms with Gasteiger partial charge in [-0.2, -0.15) is 0 Å². The molecule has 0 bridgehead atoms. The van der Waals surface area contributed by atoms with E-state index in [0.29, 0.717) is 5.75 Å². The Balaban J connectivity index is 2.74. The Morgan fingerprint density at radius 1 is 1.29 bits per heavy atom. The van der Waals surface area contributed by atoms with Crippen LogP contribution in [0, 0.1) is 5.41 Å². The van der Waals surface area contributed by atoms with E-state index in [1.165, 1.54) is 0 Å². The lowest BCUT2D eigenvalue weighted by Gasteiger charge is -2.15. The average Bonchev–Trinajstić information content (AvgIpc) is 2.19. The summed E-state index contributed by atoms with van der Waals surface area (Å²) in [5.41, 5.74) is -0.513. The summed E-state index contributed by atoms with van der Waals surface area (Å²) in [6.45, 7) is 3.58. The highest BCUT2D eigenvalue weighted by Crippen LogP contribution is 2.17.